The van der Waals surface area contributed by atoms with Crippen LogP contribution in [0.5, 0.6) is 0 Å². The number of aromatic amines is 1. The molecule has 4 atom stereocenters. The molecule has 3 aromatic heterocycles. The molecule has 4 N–H and O–H groups in total. The van der Waals surface area contributed by atoms with Crippen LogP contribution in [-0.4, -0.2) is 97.2 Å². The van der Waals surface area contributed by atoms with Crippen molar-refractivity contribution in [1.82, 2.24) is 35.0 Å². The molecule has 0 radical (unpaired) electrons. The molecule has 13 nitrogen and oxygen atoms in total. The molecule has 0 spiro atoms. The van der Waals surface area contributed by atoms with Crippen molar-refractivity contribution < 1.29 is 28.3 Å². The second-order valence-electron chi connectivity index (χ2n) is 21.1. The Labute approximate surface area is 414 Å². The molecule has 0 unspecified atom stereocenters. The van der Waals surface area contributed by atoms with Gasteiger partial charge in [0, 0.05) is 17.4 Å². The van der Waals surface area contributed by atoms with Gasteiger partial charge in [-0.05, 0) is 159 Å². The van der Waals surface area contributed by atoms with Crippen molar-refractivity contribution in [2.45, 2.75) is 140 Å². The first kappa shape index (κ1) is 47.6. The van der Waals surface area contributed by atoms with E-state index in [0.717, 1.165) is 100 Å². The summed E-state index contributed by atoms with van der Waals surface area (Å²) in [5.74, 6) is -0.444. The molecule has 2 saturated heterocycles. The number of piperidine rings is 1. The fourth-order valence-corrected chi connectivity index (χ4v) is 12.6. The quantitative estimate of drug-likeness (QED) is 0.0848. The van der Waals surface area contributed by atoms with E-state index in [9.17, 15) is 28.7 Å². The number of thiazole rings is 1. The van der Waals surface area contributed by atoms with Gasteiger partial charge in [0.1, 0.15) is 34.0 Å². The number of amides is 3. The van der Waals surface area contributed by atoms with Crippen LogP contribution in [0.15, 0.2) is 75.4 Å². The number of β-amino-alcohol motifs (C(OH)–C–C–N with tert-alkyl or cyclic N) is 1. The van der Waals surface area contributed by atoms with E-state index in [0.29, 0.717) is 23.8 Å². The third-order valence-electron chi connectivity index (χ3n) is 15.3. The van der Waals surface area contributed by atoms with E-state index in [4.69, 9.17) is 0 Å². The van der Waals surface area contributed by atoms with E-state index >= 15 is 0 Å². The predicted molar refractivity (Wildman–Crippen MR) is 270 cm³/mol. The summed E-state index contributed by atoms with van der Waals surface area (Å²) in [6.45, 7) is 10.1. The van der Waals surface area contributed by atoms with E-state index in [1.165, 1.54) is 23.3 Å². The lowest BCUT2D eigenvalue weighted by Crippen LogP contribution is -2.59. The fourth-order valence-electron chi connectivity index (χ4n) is 11.3. The Hall–Kier alpha value is -5.03. The first-order chi connectivity index (χ1) is 33.1. The number of nitrogens with one attached hydrogen (secondary N) is 3. The molecular weight excluding hydrogens is 960 g/mol. The number of aliphatic hydroxyl groups excluding tert-OH is 1. The summed E-state index contributed by atoms with van der Waals surface area (Å²) >= 11 is 5.22. The number of aliphatic hydroxyl groups is 1. The summed E-state index contributed by atoms with van der Waals surface area (Å²) in [5.41, 5.74) is 6.43. The zero-order valence-corrected chi connectivity index (χ0v) is 42.3. The summed E-state index contributed by atoms with van der Waals surface area (Å²) in [6, 6.07) is 19.0. The molecule has 0 bridgehead atoms. The molecule has 10 rings (SSSR count). The summed E-state index contributed by atoms with van der Waals surface area (Å²) in [7, 11) is 0. The third kappa shape index (κ3) is 9.38. The largest absolute Gasteiger partial charge is 0.391 e. The second kappa shape index (κ2) is 18.9. The minimum Gasteiger partial charge on any atom is -0.391 e. The summed E-state index contributed by atoms with van der Waals surface area (Å²) < 4.78 is 20.2. The molecule has 69 heavy (non-hydrogen) atoms. The van der Waals surface area contributed by atoms with Gasteiger partial charge in [-0.25, -0.2) is 18.9 Å². The number of alkyl halides is 1. The minimum absolute atomic E-state index is 0.0588. The highest BCUT2D eigenvalue weighted by Gasteiger charge is 2.53. The monoisotopic (exact) mass is 1020 g/mol. The third-order valence-corrected chi connectivity index (χ3v) is 17.0. The number of rotatable bonds is 13. The highest BCUT2D eigenvalue weighted by molar-refractivity contribution is 9.10. The average molecular weight is 1020 g/mol. The van der Waals surface area contributed by atoms with E-state index in [-0.39, 0.29) is 43.3 Å². The standard InChI is InChI=1S/C53H62BrFN8O5S/c1-31-45(69-30-56-31)34-16-14-33(15-17-34)39(57-47(65)43-28-37(64)29-61(43)49(67)46(52(2,3)4)58-50(68)53(55)22-23-53)12-8-24-60-25-20-32(21-26-60)35-18-19-40-42(27-35)62(36-9-5-6-10-36)51-59-48(66)44-38(54)11-7-13-41(44)63(40)51/h7,11,13-19,27,30,32,36-37,39,43,46,64H,5-6,8-10,12,20-26,28-29H2,1-4H3,(H2,57,58,65,68)/p+1/t37-,39+,43+,46-/m1/s1. The lowest BCUT2D eigenvalue weighted by atomic mass is 9.85. The van der Waals surface area contributed by atoms with Crippen LogP contribution < -0.4 is 20.6 Å². The molecule has 6 aromatic rings. The zero-order valence-electron chi connectivity index (χ0n) is 39.9. The van der Waals surface area contributed by atoms with Gasteiger partial charge in [0.05, 0.1) is 34.3 Å². The van der Waals surface area contributed by atoms with Gasteiger partial charge < -0.3 is 25.5 Å². The Morgan fingerprint density at radius 1 is 1.01 bits per heavy atom. The smallest absolute Gasteiger partial charge is 0.371 e. The first-order valence-electron chi connectivity index (χ1n) is 24.8. The van der Waals surface area contributed by atoms with Gasteiger partial charge in [-0.15, -0.1) is 11.3 Å². The van der Waals surface area contributed by atoms with Gasteiger partial charge in [-0.1, -0.05) is 57.2 Å². The van der Waals surface area contributed by atoms with Gasteiger partial charge in [0.15, 0.2) is 5.67 Å². The zero-order chi connectivity index (χ0) is 48.4. The van der Waals surface area contributed by atoms with E-state index in [2.05, 4.69) is 80.7 Å². The summed E-state index contributed by atoms with van der Waals surface area (Å²) in [4.78, 5) is 67.7. The average Bonchev–Trinajstić information content (AvgIpc) is 3.78. The van der Waals surface area contributed by atoms with Crippen LogP contribution in [0, 0.1) is 12.3 Å². The molecule has 2 saturated carbocycles. The Morgan fingerprint density at radius 3 is 2.43 bits per heavy atom. The molecule has 2 aliphatic carbocycles. The highest BCUT2D eigenvalue weighted by Crippen LogP contribution is 2.41. The maximum atomic E-state index is 14.8. The number of aromatic nitrogens is 4. The molecule has 5 heterocycles. The number of hydrogen-bond donors (Lipinski definition) is 4. The lowest BCUT2D eigenvalue weighted by Gasteiger charge is -2.36. The summed E-state index contributed by atoms with van der Waals surface area (Å²) in [6.07, 6.45) is 7.42. The second-order valence-corrected chi connectivity index (χ2v) is 22.9. The topological polar surface area (TPSA) is 157 Å². The summed E-state index contributed by atoms with van der Waals surface area (Å²) in [5, 5.41) is 17.5. The van der Waals surface area contributed by atoms with Crippen LogP contribution in [0.1, 0.15) is 126 Å². The molecule has 4 aliphatic rings. The fraction of sp³-hybridized carbons (Fsp3) is 0.509. The number of hydrogen-bond acceptors (Lipinski definition) is 8. The number of likely N-dealkylation sites (tertiary alicyclic amines) is 2. The number of imidazole rings is 1. The molecular formula is C53H63BrFN8O5S+. The van der Waals surface area contributed by atoms with Gasteiger partial charge >= 0.3 is 11.3 Å². The van der Waals surface area contributed by atoms with Crippen LogP contribution in [0.2, 0.25) is 0 Å². The maximum absolute atomic E-state index is 14.8. The number of H-pyrrole nitrogens is 1. The number of halogens is 2. The predicted octanol–water partition coefficient (Wildman–Crippen LogP) is 8.34. The van der Waals surface area contributed by atoms with Crippen molar-refractivity contribution in [3.8, 4) is 10.4 Å². The molecule has 16 heteroatoms. The van der Waals surface area contributed by atoms with Gasteiger partial charge in [0.2, 0.25) is 11.8 Å². The Balaban J connectivity index is 0.839. The Bertz CT molecular complexity index is 2980. The van der Waals surface area contributed by atoms with Crippen LogP contribution >= 0.6 is 27.3 Å². The first-order valence-corrected chi connectivity index (χ1v) is 26.5. The highest BCUT2D eigenvalue weighted by atomic mass is 79.9. The maximum Gasteiger partial charge on any atom is 0.371 e. The van der Waals surface area contributed by atoms with Crippen LogP contribution in [-0.2, 0) is 14.4 Å². The van der Waals surface area contributed by atoms with Gasteiger partial charge in [-0.2, -0.15) is 4.40 Å². The van der Waals surface area contributed by atoms with Gasteiger partial charge in [0.25, 0.3) is 5.91 Å². The molecule has 3 amide bonds. The van der Waals surface area contributed by atoms with Crippen molar-refractivity contribution in [2.24, 2.45) is 5.41 Å². The van der Waals surface area contributed by atoms with E-state index < -0.39 is 41.1 Å². The minimum atomic E-state index is -1.96. The number of nitrogens with zero attached hydrogens (tertiary/aromatic N) is 5. The molecule has 3 aromatic carbocycles. The van der Waals surface area contributed by atoms with E-state index in [1.807, 2.05) is 42.8 Å². The number of carbonyl (C=O) groups is 3. The number of fused-ring (bicyclic) bond motifs is 5. The molecule has 2 aliphatic heterocycles. The van der Waals surface area contributed by atoms with E-state index in [1.54, 1.807) is 32.1 Å². The normalized spacial score (nSPS) is 21.1. The number of aryl methyl sites for hydroxylation is 1. The van der Waals surface area contributed by atoms with Crippen LogP contribution in [0.3, 0.4) is 0 Å². The Kier molecular flexibility index (Phi) is 13.1. The van der Waals surface area contributed by atoms with Crippen molar-refractivity contribution in [1.29, 1.82) is 0 Å². The van der Waals surface area contributed by atoms with Gasteiger partial charge in [-0.3, -0.25) is 19.2 Å². The van der Waals surface area contributed by atoms with Crippen LogP contribution in [0.4, 0.5) is 4.39 Å². The van der Waals surface area contributed by atoms with Crippen molar-refractivity contribution >= 4 is 72.7 Å². The number of benzene rings is 3. The van der Waals surface area contributed by atoms with Crippen LogP contribution in [0.25, 0.3) is 38.2 Å². The lowest BCUT2D eigenvalue weighted by molar-refractivity contribution is -0.454. The van der Waals surface area contributed by atoms with Crippen molar-refractivity contribution in [2.75, 3.05) is 26.2 Å². The molecule has 4 fully saturated rings. The Morgan fingerprint density at radius 2 is 1.75 bits per heavy atom. The SMILES string of the molecule is Cc1ncsc1-c1ccc([C@H](CCCN2CCC(c3ccc4c(c3)n(C3CCCC3)c3[nH]c(=O)c5c(Br)cccc5[n+]43)CC2)NC(=O)[C@@H]2C[C@@H](O)CN2C(=O)[C@@H](NC(=O)C2(F)CC2)C(C)(C)C)cc1. The van der Waals surface area contributed by atoms with Crippen molar-refractivity contribution in [3.63, 3.8) is 0 Å². The number of carbonyl (C=O) groups excluding carboxylic acids is 3. The van der Waals surface area contributed by atoms with Crippen molar-refractivity contribution in [3.05, 3.63) is 97.8 Å². The molecule has 364 valence electrons.